The second-order valence-electron chi connectivity index (χ2n) is 11.2. The summed E-state index contributed by atoms with van der Waals surface area (Å²) in [4.78, 5) is 3.62. The first-order valence-electron chi connectivity index (χ1n) is 16.0. The van der Waals surface area contributed by atoms with E-state index >= 15 is 0 Å². The molecule has 204 valence electrons. The van der Waals surface area contributed by atoms with E-state index in [1.54, 1.807) is 0 Å². The summed E-state index contributed by atoms with van der Waals surface area (Å²) >= 11 is 0. The Balaban J connectivity index is 1.62. The fraction of sp³-hybridized carbons (Fsp3) is 0.735. The van der Waals surface area contributed by atoms with Crippen molar-refractivity contribution in [2.75, 3.05) is 0 Å². The summed E-state index contributed by atoms with van der Waals surface area (Å²) in [7, 11) is 0. The Kier molecular flexibility index (Phi) is 18.3. The predicted molar refractivity (Wildman–Crippen MR) is 158 cm³/mol. The molecule has 0 saturated heterocycles. The number of hydrogen-bond acceptors (Lipinski definition) is 0. The Bertz CT molecular complexity index is 720. The van der Waals surface area contributed by atoms with Gasteiger partial charge in [0, 0.05) is 0 Å². The first-order chi connectivity index (χ1) is 17.9. The van der Waals surface area contributed by atoms with Crippen molar-refractivity contribution in [3.05, 3.63) is 48.5 Å². The molecular weight excluding hydrogens is 436 g/mol. The quantitative estimate of drug-likeness (QED) is 0.110. The van der Waals surface area contributed by atoms with Crippen LogP contribution in [0.15, 0.2) is 42.7 Å². The van der Waals surface area contributed by atoms with Crippen molar-refractivity contribution < 1.29 is 4.57 Å². The van der Waals surface area contributed by atoms with Crippen LogP contribution in [-0.4, -0.2) is 4.98 Å². The van der Waals surface area contributed by atoms with E-state index in [9.17, 15) is 0 Å². The predicted octanol–water partition coefficient (Wildman–Crippen LogP) is 11.0. The molecule has 0 unspecified atom stereocenters. The third-order valence-corrected chi connectivity index (χ3v) is 7.95. The van der Waals surface area contributed by atoms with Crippen molar-refractivity contribution in [1.82, 2.24) is 4.98 Å². The van der Waals surface area contributed by atoms with Crippen molar-refractivity contribution in [1.29, 1.82) is 0 Å². The number of aromatic amines is 1. The van der Waals surface area contributed by atoms with Gasteiger partial charge in [0.05, 0.1) is 5.92 Å². The van der Waals surface area contributed by atoms with Crippen LogP contribution in [0.4, 0.5) is 0 Å². The van der Waals surface area contributed by atoms with Gasteiger partial charge in [-0.3, -0.25) is 0 Å². The number of rotatable bonds is 24. The molecule has 36 heavy (non-hydrogen) atoms. The van der Waals surface area contributed by atoms with Gasteiger partial charge in [-0.25, -0.2) is 4.98 Å². The largest absolute Gasteiger partial charge is 0.262 e. The number of H-pyrrole nitrogens is 1. The van der Waals surface area contributed by atoms with Gasteiger partial charge in [-0.15, -0.1) is 0 Å². The molecule has 2 rings (SSSR count). The molecule has 2 heteroatoms. The van der Waals surface area contributed by atoms with E-state index in [1.165, 1.54) is 153 Å². The number of nitrogens with one attached hydrogen (secondary N) is 1. The van der Waals surface area contributed by atoms with Gasteiger partial charge in [-0.2, -0.15) is 4.57 Å². The minimum Gasteiger partial charge on any atom is -0.247 e. The lowest BCUT2D eigenvalue weighted by molar-refractivity contribution is -0.604. The Morgan fingerprint density at radius 2 is 0.972 bits per heavy atom. The molecule has 0 spiro atoms. The molecule has 1 aromatic heterocycles. The highest BCUT2D eigenvalue weighted by atomic mass is 15.1. The Morgan fingerprint density at radius 3 is 1.42 bits per heavy atom. The van der Waals surface area contributed by atoms with Gasteiger partial charge in [-0.05, 0) is 25.0 Å². The normalized spacial score (nSPS) is 12.3. The topological polar surface area (TPSA) is 19.7 Å². The van der Waals surface area contributed by atoms with E-state index < -0.39 is 0 Å². The maximum Gasteiger partial charge on any atom is 0.262 e. The van der Waals surface area contributed by atoms with Crippen molar-refractivity contribution in [2.45, 2.75) is 161 Å². The first kappa shape index (κ1) is 30.7. The monoisotopic (exact) mass is 495 g/mol. The second-order valence-corrected chi connectivity index (χ2v) is 11.2. The van der Waals surface area contributed by atoms with Crippen LogP contribution in [0.3, 0.4) is 0 Å². The smallest absolute Gasteiger partial charge is 0.247 e. The first-order valence-corrected chi connectivity index (χ1v) is 16.0. The van der Waals surface area contributed by atoms with Crippen LogP contribution < -0.4 is 4.57 Å². The van der Waals surface area contributed by atoms with Crippen molar-refractivity contribution >= 4 is 0 Å². The van der Waals surface area contributed by atoms with Crippen LogP contribution >= 0.6 is 0 Å². The van der Waals surface area contributed by atoms with Gasteiger partial charge in [0.25, 0.3) is 5.82 Å². The summed E-state index contributed by atoms with van der Waals surface area (Å²) in [6.07, 6.45) is 35.4. The lowest BCUT2D eigenvalue weighted by Crippen LogP contribution is -2.34. The molecule has 1 N–H and O–H groups in total. The van der Waals surface area contributed by atoms with Crippen LogP contribution in [0.1, 0.15) is 167 Å². The van der Waals surface area contributed by atoms with E-state index in [0.717, 1.165) is 0 Å². The SMILES string of the molecule is CCCCCCCCCCCCCCCCC[C@H](CCCCCCC)c1[nH]cc[n+]1-c1ccccc1. The van der Waals surface area contributed by atoms with Crippen LogP contribution in [0, 0.1) is 0 Å². The maximum absolute atomic E-state index is 3.62. The summed E-state index contributed by atoms with van der Waals surface area (Å²) in [5, 5.41) is 0. The zero-order chi connectivity index (χ0) is 25.5. The van der Waals surface area contributed by atoms with E-state index in [-0.39, 0.29) is 0 Å². The Labute approximate surface area is 224 Å². The molecule has 0 amide bonds. The maximum atomic E-state index is 3.62. The fourth-order valence-corrected chi connectivity index (χ4v) is 5.65. The molecule has 1 atom stereocenters. The summed E-state index contributed by atoms with van der Waals surface area (Å²) in [5.41, 5.74) is 1.28. The zero-order valence-electron chi connectivity index (χ0n) is 24.1. The number of nitrogens with zero attached hydrogens (tertiary/aromatic N) is 1. The highest BCUT2D eigenvalue weighted by Crippen LogP contribution is 2.26. The second kappa shape index (κ2) is 21.5. The zero-order valence-corrected chi connectivity index (χ0v) is 24.1. The lowest BCUT2D eigenvalue weighted by Gasteiger charge is -2.14. The van der Waals surface area contributed by atoms with Crippen molar-refractivity contribution in [2.24, 2.45) is 0 Å². The van der Waals surface area contributed by atoms with Gasteiger partial charge in [0.1, 0.15) is 18.1 Å². The third kappa shape index (κ3) is 13.7. The molecule has 0 bridgehead atoms. The van der Waals surface area contributed by atoms with Gasteiger partial charge < -0.3 is 0 Å². The molecule has 0 aliphatic rings. The number of para-hydroxylation sites is 1. The van der Waals surface area contributed by atoms with Crippen molar-refractivity contribution in [3.8, 4) is 5.69 Å². The Morgan fingerprint density at radius 1 is 0.556 bits per heavy atom. The van der Waals surface area contributed by atoms with Gasteiger partial charge in [-0.1, -0.05) is 160 Å². The molecule has 0 saturated carbocycles. The summed E-state index contributed by atoms with van der Waals surface area (Å²) in [6.45, 7) is 4.61. The number of aromatic nitrogens is 2. The minimum atomic E-state index is 0.642. The van der Waals surface area contributed by atoms with Crippen LogP contribution in [0.25, 0.3) is 5.69 Å². The molecule has 2 nitrogen and oxygen atoms in total. The average molecular weight is 496 g/mol. The van der Waals surface area contributed by atoms with Crippen molar-refractivity contribution in [3.63, 3.8) is 0 Å². The highest BCUT2D eigenvalue weighted by molar-refractivity contribution is 5.22. The molecule has 2 aromatic rings. The van der Waals surface area contributed by atoms with E-state index in [2.05, 4.69) is 66.1 Å². The number of unbranched alkanes of at least 4 members (excludes halogenated alkanes) is 18. The van der Waals surface area contributed by atoms with Gasteiger partial charge in [0.15, 0.2) is 0 Å². The standard InChI is InChI=1S/C34H58N2/c1-3-5-7-9-10-11-12-13-14-15-16-17-18-20-23-27-32(26-22-19-8-6-4-2)34-35-30-31-36(34)33-28-24-21-25-29-33/h21,24-25,28-32H,3-20,22-23,26-27H2,1-2H3/p+1/t32-/m0/s1. The van der Waals surface area contributed by atoms with Crippen LogP contribution in [-0.2, 0) is 0 Å². The molecule has 1 heterocycles. The molecule has 0 aliphatic carbocycles. The molecule has 1 aromatic carbocycles. The number of benzene rings is 1. The highest BCUT2D eigenvalue weighted by Gasteiger charge is 2.23. The molecule has 0 radical (unpaired) electrons. The number of imidazole rings is 1. The average Bonchev–Trinajstić information content (AvgIpc) is 3.40. The number of hydrogen-bond donors (Lipinski definition) is 1. The molecular formula is C34H59N2+. The summed E-state index contributed by atoms with van der Waals surface area (Å²) in [5.74, 6) is 2.05. The summed E-state index contributed by atoms with van der Waals surface area (Å²) < 4.78 is 2.39. The fourth-order valence-electron chi connectivity index (χ4n) is 5.65. The Hall–Kier alpha value is -1.57. The van der Waals surface area contributed by atoms with E-state index in [4.69, 9.17) is 0 Å². The minimum absolute atomic E-state index is 0.642. The van der Waals surface area contributed by atoms with Gasteiger partial charge in [0.2, 0.25) is 0 Å². The lowest BCUT2D eigenvalue weighted by atomic mass is 9.93. The van der Waals surface area contributed by atoms with Crippen LogP contribution in [0.5, 0.6) is 0 Å². The molecule has 0 aliphatic heterocycles. The van der Waals surface area contributed by atoms with E-state index in [1.807, 2.05) is 0 Å². The van der Waals surface area contributed by atoms with Gasteiger partial charge >= 0.3 is 0 Å². The third-order valence-electron chi connectivity index (χ3n) is 7.95. The summed E-state index contributed by atoms with van der Waals surface area (Å²) in [6, 6.07) is 10.9. The van der Waals surface area contributed by atoms with E-state index in [0.29, 0.717) is 5.92 Å². The molecule has 0 fully saturated rings. The van der Waals surface area contributed by atoms with Crippen LogP contribution in [0.2, 0.25) is 0 Å².